The molecule has 20 atom stereocenters. The largest absolute Gasteiger partial charge is 0.458 e. The third-order valence-electron chi connectivity index (χ3n) is 14.2. The second-order valence-electron chi connectivity index (χ2n) is 15.8. The first-order chi connectivity index (χ1) is 21.1. The number of carbonyl (C=O) groups excluding carboxylic acids is 4. The summed E-state index contributed by atoms with van der Waals surface area (Å²) in [5, 5.41) is 45.2. The first-order valence-electron chi connectivity index (χ1n) is 16.0. The Morgan fingerprint density at radius 2 is 1.54 bits per heavy atom. The second kappa shape index (κ2) is 9.57. The Morgan fingerprint density at radius 1 is 0.935 bits per heavy atom. The molecule has 46 heavy (non-hydrogen) atoms. The van der Waals surface area contributed by atoms with Gasteiger partial charge < -0.3 is 39.4 Å². The lowest BCUT2D eigenvalue weighted by atomic mass is 9.41. The van der Waals surface area contributed by atoms with Crippen LogP contribution in [0.4, 0.5) is 0 Å². The van der Waals surface area contributed by atoms with Crippen molar-refractivity contribution >= 4 is 46.9 Å². The van der Waals surface area contributed by atoms with Crippen LogP contribution in [-0.4, -0.2) is 103 Å². The summed E-state index contributed by atoms with van der Waals surface area (Å²) in [5.41, 5.74) is -6.68. The van der Waals surface area contributed by atoms with E-state index in [1.54, 1.807) is 20.8 Å². The van der Waals surface area contributed by atoms with Crippen LogP contribution in [0, 0.1) is 57.7 Å². The van der Waals surface area contributed by atoms with Crippen LogP contribution in [0.2, 0.25) is 0 Å². The minimum atomic E-state index is -2.24. The third kappa shape index (κ3) is 3.45. The fourth-order valence-corrected chi connectivity index (χ4v) is 13.1. The number of aliphatic hydroxyl groups excluding tert-OH is 3. The molecule has 4 N–H and O–H groups in total. The Morgan fingerprint density at radius 3 is 2.13 bits per heavy atom. The number of carbonyl (C=O) groups is 4. The van der Waals surface area contributed by atoms with Crippen LogP contribution in [-0.2, 0) is 38.1 Å². The zero-order valence-electron chi connectivity index (χ0n) is 26.7. The van der Waals surface area contributed by atoms with Crippen molar-refractivity contribution in [2.45, 2.75) is 114 Å². The zero-order valence-corrected chi connectivity index (χ0v) is 28.2. The molecule has 0 aromatic carbocycles. The van der Waals surface area contributed by atoms with Crippen molar-refractivity contribution in [3.63, 3.8) is 0 Å². The van der Waals surface area contributed by atoms with E-state index in [9.17, 15) is 39.6 Å². The SMILES string of the molecule is CC(=O)O[C@H]1C2C([C@@H]3[C@@H](O)[C@@H]4[C@H]([C@H](C)C(Cl)C5(Cl)OC(=O)[C@@](C)(O)[C@]45C)[C@@]3(C)[C@H]1OC(C)=O)[C@@H](O)C(=O)[C@H]1C[C@@H]3O[C@@H]3[C@H](O)[C@]21C. The summed E-state index contributed by atoms with van der Waals surface area (Å²) in [7, 11) is 0. The number of epoxide rings is 1. The van der Waals surface area contributed by atoms with Gasteiger partial charge in [0.1, 0.15) is 24.4 Å². The number of fused-ring (bicyclic) bond motifs is 10. The van der Waals surface area contributed by atoms with Crippen LogP contribution in [0.1, 0.15) is 54.9 Å². The van der Waals surface area contributed by atoms with Crippen molar-refractivity contribution in [3.05, 3.63) is 0 Å². The number of Topliss-reactive ketones (excluding diaryl/α,β-unsaturated/α-hetero) is 1. The molecule has 0 radical (unpaired) electrons. The van der Waals surface area contributed by atoms with Crippen molar-refractivity contribution in [1.82, 2.24) is 0 Å². The van der Waals surface area contributed by atoms with Gasteiger partial charge in [-0.1, -0.05) is 39.3 Å². The normalized spacial score (nSPS) is 61.2. The maximum Gasteiger partial charge on any atom is 0.340 e. The molecule has 7 fully saturated rings. The Bertz CT molecular complexity index is 1420. The number of alkyl halides is 2. The number of halogens is 2. The van der Waals surface area contributed by atoms with Crippen molar-refractivity contribution in [2.24, 2.45) is 57.7 Å². The average Bonchev–Trinajstić information content (AvgIpc) is 3.67. The van der Waals surface area contributed by atoms with Gasteiger partial charge in [0, 0.05) is 54.3 Å². The summed E-state index contributed by atoms with van der Waals surface area (Å²) in [5.74, 6) is -9.54. The Labute approximate surface area is 276 Å². The smallest absolute Gasteiger partial charge is 0.340 e. The van der Waals surface area contributed by atoms with Gasteiger partial charge in [-0.25, -0.2) is 4.79 Å². The van der Waals surface area contributed by atoms with Crippen molar-refractivity contribution in [1.29, 1.82) is 0 Å². The minimum absolute atomic E-state index is 0.234. The number of aliphatic hydroxyl groups is 4. The molecule has 0 bridgehead atoms. The van der Waals surface area contributed by atoms with Crippen LogP contribution in [0.3, 0.4) is 0 Å². The van der Waals surface area contributed by atoms with Crippen LogP contribution in [0.25, 0.3) is 0 Å². The molecule has 5 aliphatic carbocycles. The van der Waals surface area contributed by atoms with Crippen molar-refractivity contribution < 1.29 is 58.6 Å². The second-order valence-corrected chi connectivity index (χ2v) is 16.8. The quantitative estimate of drug-likeness (QED) is 0.139. The molecule has 0 aromatic rings. The number of hydrogen-bond acceptors (Lipinski definition) is 12. The fraction of sp³-hybridized carbons (Fsp3) is 0.875. The molecule has 256 valence electrons. The molecular formula is C32H42Cl2O12. The fourth-order valence-electron chi connectivity index (χ4n) is 12.1. The van der Waals surface area contributed by atoms with Crippen LogP contribution in [0.15, 0.2) is 0 Å². The molecule has 7 aliphatic rings. The van der Waals surface area contributed by atoms with E-state index in [1.165, 1.54) is 27.7 Å². The molecular weight excluding hydrogens is 647 g/mol. The molecule has 4 unspecified atom stereocenters. The van der Waals surface area contributed by atoms with Crippen molar-refractivity contribution in [3.8, 4) is 0 Å². The summed E-state index contributed by atoms with van der Waals surface area (Å²) in [4.78, 5) is 53.2. The summed E-state index contributed by atoms with van der Waals surface area (Å²) in [6.07, 6.45) is -7.61. The number of rotatable bonds is 2. The van der Waals surface area contributed by atoms with Gasteiger partial charge in [-0.05, 0) is 25.2 Å². The van der Waals surface area contributed by atoms with E-state index in [2.05, 4.69) is 0 Å². The number of esters is 3. The lowest BCUT2D eigenvalue weighted by molar-refractivity contribution is -0.271. The topological polar surface area (TPSA) is 189 Å². The lowest BCUT2D eigenvalue weighted by Crippen LogP contribution is -2.74. The van der Waals surface area contributed by atoms with Gasteiger partial charge in [-0.3, -0.25) is 14.4 Å². The van der Waals surface area contributed by atoms with Crippen molar-refractivity contribution in [2.75, 3.05) is 0 Å². The predicted octanol–water partition coefficient (Wildman–Crippen LogP) is 0.930. The zero-order chi connectivity index (χ0) is 34.0. The maximum absolute atomic E-state index is 14.2. The van der Waals surface area contributed by atoms with E-state index in [0.717, 1.165) is 0 Å². The van der Waals surface area contributed by atoms with Gasteiger partial charge in [-0.2, -0.15) is 0 Å². The van der Waals surface area contributed by atoms with Gasteiger partial charge in [0.2, 0.25) is 5.06 Å². The third-order valence-corrected chi connectivity index (χ3v) is 15.7. The molecule has 0 spiro atoms. The standard InChI is InChI=1S/C32H42Cl2O12/c1-9-15-18(30(6)31(7,42)27(41)46-32(30,34)24(9)33)21(39)16-14-17(23(43-10(2)35)26(29(15,16)5)44-11(3)36)28(4)12(19(37)20(14)38)8-13-22(45-13)25(28)40/h9,12-18,20-26,38-40,42H,8H2,1-7H3/t9-,12+,13-,14?,15-,16+,17?,18-,20+,21+,22-,23-,24?,25-,26-,28-,29+,30-,31+,32?/m0/s1. The summed E-state index contributed by atoms with van der Waals surface area (Å²) < 4.78 is 23.5. The highest BCUT2D eigenvalue weighted by Crippen LogP contribution is 2.78. The summed E-state index contributed by atoms with van der Waals surface area (Å²) in [6.45, 7) is 10.4. The molecule has 5 saturated carbocycles. The first kappa shape index (κ1) is 33.0. The van der Waals surface area contributed by atoms with Gasteiger partial charge in [0.05, 0.1) is 29.1 Å². The van der Waals surface area contributed by atoms with E-state index in [-0.39, 0.29) is 12.5 Å². The van der Waals surface area contributed by atoms with Gasteiger partial charge in [0.25, 0.3) is 0 Å². The van der Waals surface area contributed by atoms with Crippen LogP contribution >= 0.6 is 23.2 Å². The predicted molar refractivity (Wildman–Crippen MR) is 157 cm³/mol. The Hall–Kier alpha value is -1.54. The van der Waals surface area contributed by atoms with E-state index in [0.29, 0.717) is 0 Å². The Kier molecular flexibility index (Phi) is 6.86. The Balaban J connectivity index is 1.51. The molecule has 0 aromatic heterocycles. The average molecular weight is 690 g/mol. The summed E-state index contributed by atoms with van der Waals surface area (Å²) >= 11 is 14.2. The molecule has 2 aliphatic heterocycles. The van der Waals surface area contributed by atoms with E-state index < -0.39 is 134 Å². The number of ether oxygens (including phenoxy) is 4. The first-order valence-corrected chi connectivity index (χ1v) is 16.8. The molecule has 0 amide bonds. The monoisotopic (exact) mass is 688 g/mol. The lowest BCUT2D eigenvalue weighted by Gasteiger charge is -2.65. The molecule has 2 heterocycles. The minimum Gasteiger partial charge on any atom is -0.458 e. The van der Waals surface area contributed by atoms with Gasteiger partial charge >= 0.3 is 17.9 Å². The highest BCUT2D eigenvalue weighted by atomic mass is 35.5. The molecule has 7 rings (SSSR count). The molecule has 12 nitrogen and oxygen atoms in total. The number of hydrogen-bond donors (Lipinski definition) is 4. The maximum atomic E-state index is 14.2. The highest BCUT2D eigenvalue weighted by Gasteiger charge is 2.87. The molecule has 14 heteroatoms. The van der Waals surface area contributed by atoms with Crippen LogP contribution in [0.5, 0.6) is 0 Å². The number of ketones is 1. The molecule has 2 saturated heterocycles. The van der Waals surface area contributed by atoms with Gasteiger partial charge in [0.15, 0.2) is 11.4 Å². The van der Waals surface area contributed by atoms with E-state index >= 15 is 0 Å². The highest BCUT2D eigenvalue weighted by molar-refractivity contribution is 6.33. The summed E-state index contributed by atoms with van der Waals surface area (Å²) in [6, 6.07) is 0. The van der Waals surface area contributed by atoms with Gasteiger partial charge in [-0.15, -0.1) is 11.6 Å². The van der Waals surface area contributed by atoms with E-state index in [1.807, 2.05) is 0 Å². The van der Waals surface area contributed by atoms with E-state index in [4.69, 9.17) is 42.1 Å². The van der Waals surface area contributed by atoms with Crippen LogP contribution < -0.4 is 0 Å².